The van der Waals surface area contributed by atoms with Crippen LogP contribution in [0.1, 0.15) is 37.0 Å². The second-order valence-electron chi connectivity index (χ2n) is 6.38. The minimum atomic E-state index is -0.441. The summed E-state index contributed by atoms with van der Waals surface area (Å²) in [6.45, 7) is 6.60. The number of hydrogen-bond donors (Lipinski definition) is 1. The van der Waals surface area contributed by atoms with Crippen molar-refractivity contribution < 1.29 is 14.6 Å². The lowest BCUT2D eigenvalue weighted by Gasteiger charge is -2.42. The molecule has 0 aromatic heterocycles. The van der Waals surface area contributed by atoms with Gasteiger partial charge in [0.1, 0.15) is 6.10 Å². The molecule has 3 rings (SSSR count). The third-order valence-corrected chi connectivity index (χ3v) is 5.41. The first-order chi connectivity index (χ1) is 10.7. The maximum Gasteiger partial charge on any atom is 0.109 e. The number of rotatable bonds is 5. The van der Waals surface area contributed by atoms with Crippen LogP contribution in [0.5, 0.6) is 0 Å². The van der Waals surface area contributed by atoms with E-state index in [4.69, 9.17) is 9.47 Å². The molecule has 1 N–H and O–H groups in total. The van der Waals surface area contributed by atoms with Crippen LogP contribution in [0.4, 0.5) is 0 Å². The van der Waals surface area contributed by atoms with E-state index in [0.29, 0.717) is 0 Å². The van der Waals surface area contributed by atoms with Gasteiger partial charge in [0.15, 0.2) is 0 Å². The van der Waals surface area contributed by atoms with Gasteiger partial charge < -0.3 is 19.5 Å². The molecule has 22 heavy (non-hydrogen) atoms. The summed E-state index contributed by atoms with van der Waals surface area (Å²) in [6, 6.07) is 8.39. The quantitative estimate of drug-likeness (QED) is 0.846. The molecule has 0 unspecified atom stereocenters. The molecule has 0 saturated carbocycles. The van der Waals surface area contributed by atoms with E-state index in [2.05, 4.69) is 23.1 Å². The largest absolute Gasteiger partial charge is 0.389 e. The minimum absolute atomic E-state index is 0.140. The number of methoxy groups -OCH3 is 1. The SMILES string of the molecule is CCOCCN1CCC2(CC1)c1ccccc1[C@@H](OC)[C@@H]2O. The highest BCUT2D eigenvalue weighted by atomic mass is 16.5. The predicted molar refractivity (Wildman–Crippen MR) is 86.0 cm³/mol. The summed E-state index contributed by atoms with van der Waals surface area (Å²) < 4.78 is 11.1. The van der Waals surface area contributed by atoms with Gasteiger partial charge >= 0.3 is 0 Å². The lowest BCUT2D eigenvalue weighted by Crippen LogP contribution is -2.48. The molecule has 1 heterocycles. The zero-order chi connectivity index (χ0) is 15.6. The van der Waals surface area contributed by atoms with E-state index in [1.807, 2.05) is 13.0 Å². The summed E-state index contributed by atoms with van der Waals surface area (Å²) >= 11 is 0. The van der Waals surface area contributed by atoms with Crippen LogP contribution in [-0.4, -0.2) is 56.1 Å². The van der Waals surface area contributed by atoms with E-state index in [-0.39, 0.29) is 11.5 Å². The summed E-state index contributed by atoms with van der Waals surface area (Å²) in [4.78, 5) is 2.44. The normalized spacial score (nSPS) is 27.2. The Morgan fingerprint density at radius 3 is 2.68 bits per heavy atom. The summed E-state index contributed by atoms with van der Waals surface area (Å²) in [5, 5.41) is 10.9. The molecule has 1 aromatic rings. The zero-order valence-electron chi connectivity index (χ0n) is 13.6. The molecule has 1 fully saturated rings. The van der Waals surface area contributed by atoms with E-state index in [1.165, 1.54) is 11.1 Å². The third kappa shape index (κ3) is 2.58. The highest BCUT2D eigenvalue weighted by Crippen LogP contribution is 2.51. The Bertz CT molecular complexity index is 497. The number of aliphatic hydroxyl groups is 1. The van der Waals surface area contributed by atoms with Crippen LogP contribution in [0, 0.1) is 0 Å². The Labute approximate surface area is 133 Å². The van der Waals surface area contributed by atoms with Gasteiger partial charge in [-0.3, -0.25) is 0 Å². The van der Waals surface area contributed by atoms with Crippen LogP contribution >= 0.6 is 0 Å². The van der Waals surface area contributed by atoms with Gasteiger partial charge in [-0.1, -0.05) is 24.3 Å². The maximum atomic E-state index is 10.9. The first-order valence-electron chi connectivity index (χ1n) is 8.33. The van der Waals surface area contributed by atoms with Crippen molar-refractivity contribution in [1.82, 2.24) is 4.90 Å². The van der Waals surface area contributed by atoms with Gasteiger partial charge in [0.25, 0.3) is 0 Å². The second kappa shape index (κ2) is 6.67. The van der Waals surface area contributed by atoms with Gasteiger partial charge in [-0.05, 0) is 44.0 Å². The Kier molecular flexibility index (Phi) is 4.83. The van der Waals surface area contributed by atoms with Crippen molar-refractivity contribution in [2.45, 2.75) is 37.4 Å². The number of benzene rings is 1. The lowest BCUT2D eigenvalue weighted by molar-refractivity contribution is -0.0557. The van der Waals surface area contributed by atoms with Crippen LogP contribution in [0.15, 0.2) is 24.3 Å². The van der Waals surface area contributed by atoms with Crippen molar-refractivity contribution in [1.29, 1.82) is 0 Å². The molecule has 1 saturated heterocycles. The fourth-order valence-corrected chi connectivity index (χ4v) is 4.15. The molecule has 2 atom stereocenters. The first-order valence-corrected chi connectivity index (χ1v) is 8.33. The topological polar surface area (TPSA) is 41.9 Å². The Hall–Kier alpha value is -0.940. The van der Waals surface area contributed by atoms with Gasteiger partial charge in [0.05, 0.1) is 12.7 Å². The average Bonchev–Trinajstić information content (AvgIpc) is 2.79. The van der Waals surface area contributed by atoms with Crippen molar-refractivity contribution >= 4 is 0 Å². The number of aliphatic hydroxyl groups excluding tert-OH is 1. The molecule has 2 aliphatic rings. The molecule has 0 radical (unpaired) electrons. The minimum Gasteiger partial charge on any atom is -0.389 e. The molecule has 0 amide bonds. The van der Waals surface area contributed by atoms with Crippen LogP contribution in [0.3, 0.4) is 0 Å². The average molecular weight is 305 g/mol. The van der Waals surface area contributed by atoms with Crippen molar-refractivity contribution in [2.24, 2.45) is 0 Å². The van der Waals surface area contributed by atoms with Gasteiger partial charge in [-0.2, -0.15) is 0 Å². The number of ether oxygens (including phenoxy) is 2. The number of nitrogens with zero attached hydrogens (tertiary/aromatic N) is 1. The molecule has 1 aliphatic heterocycles. The Morgan fingerprint density at radius 2 is 2.00 bits per heavy atom. The maximum absolute atomic E-state index is 10.9. The number of piperidine rings is 1. The number of fused-ring (bicyclic) bond motifs is 2. The van der Waals surface area contributed by atoms with E-state index in [0.717, 1.165) is 45.7 Å². The molecule has 1 aliphatic carbocycles. The molecule has 1 aromatic carbocycles. The highest BCUT2D eigenvalue weighted by molar-refractivity contribution is 5.44. The van der Waals surface area contributed by atoms with Crippen molar-refractivity contribution in [2.75, 3.05) is 40.0 Å². The van der Waals surface area contributed by atoms with E-state index in [1.54, 1.807) is 7.11 Å². The molecule has 122 valence electrons. The fourth-order valence-electron chi connectivity index (χ4n) is 4.15. The molecule has 4 heteroatoms. The zero-order valence-corrected chi connectivity index (χ0v) is 13.6. The molecule has 4 nitrogen and oxygen atoms in total. The molecule has 0 bridgehead atoms. The van der Waals surface area contributed by atoms with E-state index in [9.17, 15) is 5.11 Å². The lowest BCUT2D eigenvalue weighted by atomic mass is 9.72. The summed E-state index contributed by atoms with van der Waals surface area (Å²) in [5.74, 6) is 0. The first kappa shape index (κ1) is 15.9. The van der Waals surface area contributed by atoms with Crippen LogP contribution < -0.4 is 0 Å². The molecule has 1 spiro atoms. The van der Waals surface area contributed by atoms with Gasteiger partial charge in [0, 0.05) is 25.7 Å². The molecular weight excluding hydrogens is 278 g/mol. The summed E-state index contributed by atoms with van der Waals surface area (Å²) in [7, 11) is 1.70. The van der Waals surface area contributed by atoms with Crippen molar-refractivity contribution in [3.05, 3.63) is 35.4 Å². The summed E-state index contributed by atoms with van der Waals surface area (Å²) in [6.07, 6.45) is 1.34. The Morgan fingerprint density at radius 1 is 1.27 bits per heavy atom. The second-order valence-corrected chi connectivity index (χ2v) is 6.38. The smallest absolute Gasteiger partial charge is 0.109 e. The summed E-state index contributed by atoms with van der Waals surface area (Å²) in [5.41, 5.74) is 2.32. The van der Waals surface area contributed by atoms with Crippen LogP contribution in [0.25, 0.3) is 0 Å². The monoisotopic (exact) mass is 305 g/mol. The van der Waals surface area contributed by atoms with Gasteiger partial charge in [-0.25, -0.2) is 0 Å². The third-order valence-electron chi connectivity index (χ3n) is 5.41. The number of likely N-dealkylation sites (tertiary alicyclic amines) is 1. The van der Waals surface area contributed by atoms with Gasteiger partial charge in [0.2, 0.25) is 0 Å². The van der Waals surface area contributed by atoms with Gasteiger partial charge in [-0.15, -0.1) is 0 Å². The predicted octanol–water partition coefficient (Wildman–Crippen LogP) is 2.12. The van der Waals surface area contributed by atoms with Crippen LogP contribution in [0.2, 0.25) is 0 Å². The van der Waals surface area contributed by atoms with Crippen LogP contribution in [-0.2, 0) is 14.9 Å². The van der Waals surface area contributed by atoms with E-state index >= 15 is 0 Å². The van der Waals surface area contributed by atoms with Crippen molar-refractivity contribution in [3.63, 3.8) is 0 Å². The Balaban J connectivity index is 1.75. The fraction of sp³-hybridized carbons (Fsp3) is 0.667. The van der Waals surface area contributed by atoms with E-state index < -0.39 is 6.10 Å². The standard InChI is InChI=1S/C18H27NO3/c1-3-22-13-12-19-10-8-18(9-11-19)15-7-5-4-6-14(15)16(21-2)17(18)20/h4-7,16-17,20H,3,8-13H2,1-2H3/t16-,17+/m1/s1. The molecular formula is C18H27NO3. The van der Waals surface area contributed by atoms with Crippen molar-refractivity contribution in [3.8, 4) is 0 Å². The number of hydrogen-bond acceptors (Lipinski definition) is 4. The highest BCUT2D eigenvalue weighted by Gasteiger charge is 2.52.